The van der Waals surface area contributed by atoms with Crippen molar-refractivity contribution < 1.29 is 28.3 Å². The molecule has 1 N–H and O–H groups in total. The van der Waals surface area contributed by atoms with Crippen LogP contribution in [-0.2, 0) is 11.4 Å². The van der Waals surface area contributed by atoms with Crippen molar-refractivity contribution in [3.8, 4) is 29.1 Å². The van der Waals surface area contributed by atoms with Gasteiger partial charge in [-0.3, -0.25) is 4.79 Å². The van der Waals surface area contributed by atoms with Crippen LogP contribution in [-0.4, -0.2) is 24.5 Å². The van der Waals surface area contributed by atoms with E-state index in [0.29, 0.717) is 47.5 Å². The van der Waals surface area contributed by atoms with Crippen LogP contribution < -0.4 is 24.3 Å². The SMILES string of the molecule is CCOc1cc(C=C(C#N)C(=O)Nc2cc(C)on2)ccc1OCc1ccc2c(c1)OCO2. The molecule has 0 saturated heterocycles. The Hall–Kier alpha value is -4.45. The lowest BCUT2D eigenvalue weighted by atomic mass is 10.1. The molecule has 1 aliphatic heterocycles. The maximum Gasteiger partial charge on any atom is 0.267 e. The highest BCUT2D eigenvalue weighted by atomic mass is 16.7. The van der Waals surface area contributed by atoms with Crippen LogP contribution in [0.4, 0.5) is 5.82 Å². The van der Waals surface area contributed by atoms with Crippen LogP contribution in [0.3, 0.4) is 0 Å². The van der Waals surface area contributed by atoms with Crippen LogP contribution in [0.25, 0.3) is 6.08 Å². The predicted molar refractivity (Wildman–Crippen MR) is 118 cm³/mol. The molecule has 0 bridgehead atoms. The van der Waals surface area contributed by atoms with Crippen molar-refractivity contribution in [3.05, 3.63) is 64.9 Å². The summed E-state index contributed by atoms with van der Waals surface area (Å²) in [6.07, 6.45) is 1.46. The van der Waals surface area contributed by atoms with E-state index in [0.717, 1.165) is 5.56 Å². The van der Waals surface area contributed by atoms with E-state index in [-0.39, 0.29) is 18.2 Å². The van der Waals surface area contributed by atoms with Gasteiger partial charge in [-0.05, 0) is 55.3 Å². The summed E-state index contributed by atoms with van der Waals surface area (Å²) in [7, 11) is 0. The van der Waals surface area contributed by atoms with Gasteiger partial charge in [0.1, 0.15) is 24.0 Å². The van der Waals surface area contributed by atoms with Crippen molar-refractivity contribution in [3.63, 3.8) is 0 Å². The lowest BCUT2D eigenvalue weighted by Gasteiger charge is -2.13. The number of nitriles is 1. The summed E-state index contributed by atoms with van der Waals surface area (Å²) in [4.78, 5) is 12.4. The fraction of sp³-hybridized carbons (Fsp3) is 0.208. The molecule has 1 amide bonds. The van der Waals surface area contributed by atoms with Crippen LogP contribution in [0.15, 0.2) is 52.6 Å². The maximum atomic E-state index is 12.4. The Kier molecular flexibility index (Phi) is 6.45. The molecule has 0 fully saturated rings. The molecule has 0 saturated carbocycles. The molecule has 9 heteroatoms. The average Bonchev–Trinajstić information content (AvgIpc) is 3.45. The maximum absolute atomic E-state index is 12.4. The van der Waals surface area contributed by atoms with Crippen molar-refractivity contribution in [1.82, 2.24) is 5.16 Å². The van der Waals surface area contributed by atoms with E-state index in [9.17, 15) is 10.1 Å². The number of fused-ring (bicyclic) bond motifs is 1. The summed E-state index contributed by atoms with van der Waals surface area (Å²) in [5.74, 6) is 2.62. The Balaban J connectivity index is 1.49. The Morgan fingerprint density at radius 2 is 2.00 bits per heavy atom. The van der Waals surface area contributed by atoms with Crippen LogP contribution in [0.2, 0.25) is 0 Å². The number of hydrogen-bond acceptors (Lipinski definition) is 8. The number of anilines is 1. The number of hydrogen-bond donors (Lipinski definition) is 1. The van der Waals surface area contributed by atoms with Gasteiger partial charge in [0.05, 0.1) is 6.61 Å². The van der Waals surface area contributed by atoms with Crippen LogP contribution in [0.5, 0.6) is 23.0 Å². The molecule has 1 aliphatic rings. The molecule has 0 aliphatic carbocycles. The molecule has 0 unspecified atom stereocenters. The summed E-state index contributed by atoms with van der Waals surface area (Å²) >= 11 is 0. The van der Waals surface area contributed by atoms with Crippen molar-refractivity contribution in [1.29, 1.82) is 5.26 Å². The second-order valence-corrected chi connectivity index (χ2v) is 7.06. The summed E-state index contributed by atoms with van der Waals surface area (Å²) in [6, 6.07) is 14.3. The average molecular weight is 447 g/mol. The zero-order valence-corrected chi connectivity index (χ0v) is 18.1. The van der Waals surface area contributed by atoms with E-state index >= 15 is 0 Å². The molecule has 0 atom stereocenters. The Morgan fingerprint density at radius 3 is 2.76 bits per heavy atom. The summed E-state index contributed by atoms with van der Waals surface area (Å²) in [5, 5.41) is 15.7. The van der Waals surface area contributed by atoms with E-state index in [2.05, 4.69) is 10.5 Å². The first kappa shape index (κ1) is 21.8. The van der Waals surface area contributed by atoms with Crippen molar-refractivity contribution in [2.75, 3.05) is 18.7 Å². The minimum absolute atomic E-state index is 0.0906. The number of benzene rings is 2. The smallest absolute Gasteiger partial charge is 0.267 e. The first-order valence-electron chi connectivity index (χ1n) is 10.2. The topological polar surface area (TPSA) is 116 Å². The van der Waals surface area contributed by atoms with E-state index in [1.807, 2.05) is 31.2 Å². The number of aromatic nitrogens is 1. The Bertz CT molecular complexity index is 1240. The molecule has 0 spiro atoms. The Morgan fingerprint density at radius 1 is 1.15 bits per heavy atom. The normalized spacial score (nSPS) is 12.2. The minimum atomic E-state index is -0.591. The van der Waals surface area contributed by atoms with Crippen LogP contribution in [0.1, 0.15) is 23.8 Å². The van der Waals surface area contributed by atoms with Gasteiger partial charge in [-0.15, -0.1) is 0 Å². The van der Waals surface area contributed by atoms with E-state index in [1.54, 1.807) is 31.2 Å². The first-order valence-corrected chi connectivity index (χ1v) is 10.2. The predicted octanol–water partition coefficient (Wildman–Crippen LogP) is 4.24. The highest BCUT2D eigenvalue weighted by Crippen LogP contribution is 2.34. The molecule has 0 radical (unpaired) electrons. The second-order valence-electron chi connectivity index (χ2n) is 7.06. The lowest BCUT2D eigenvalue weighted by molar-refractivity contribution is -0.112. The zero-order chi connectivity index (χ0) is 23.2. The molecule has 9 nitrogen and oxygen atoms in total. The zero-order valence-electron chi connectivity index (χ0n) is 18.1. The van der Waals surface area contributed by atoms with Gasteiger partial charge in [0.25, 0.3) is 5.91 Å². The molecular weight excluding hydrogens is 426 g/mol. The van der Waals surface area contributed by atoms with E-state index in [4.69, 9.17) is 23.5 Å². The molecule has 168 valence electrons. The van der Waals surface area contributed by atoms with Crippen molar-refractivity contribution in [2.24, 2.45) is 0 Å². The van der Waals surface area contributed by atoms with E-state index in [1.165, 1.54) is 6.08 Å². The molecule has 33 heavy (non-hydrogen) atoms. The molecule has 2 aromatic carbocycles. The van der Waals surface area contributed by atoms with Gasteiger partial charge in [0.15, 0.2) is 28.8 Å². The molecule has 1 aromatic heterocycles. The highest BCUT2D eigenvalue weighted by Gasteiger charge is 2.15. The number of ether oxygens (including phenoxy) is 4. The molecule has 2 heterocycles. The number of carbonyl (C=O) groups is 1. The fourth-order valence-corrected chi connectivity index (χ4v) is 3.12. The second kappa shape index (κ2) is 9.78. The summed E-state index contributed by atoms with van der Waals surface area (Å²) in [6.45, 7) is 4.50. The van der Waals surface area contributed by atoms with Gasteiger partial charge in [-0.2, -0.15) is 5.26 Å². The lowest BCUT2D eigenvalue weighted by Crippen LogP contribution is -2.13. The quantitative estimate of drug-likeness (QED) is 0.403. The fourth-order valence-electron chi connectivity index (χ4n) is 3.12. The Labute approximate surface area is 190 Å². The van der Waals surface area contributed by atoms with Gasteiger partial charge < -0.3 is 28.8 Å². The van der Waals surface area contributed by atoms with E-state index < -0.39 is 5.91 Å². The molecule has 3 aromatic rings. The number of carbonyl (C=O) groups excluding carboxylic acids is 1. The third kappa shape index (κ3) is 5.25. The third-order valence-electron chi connectivity index (χ3n) is 4.64. The van der Waals surface area contributed by atoms with Gasteiger partial charge in [-0.1, -0.05) is 17.3 Å². The number of nitrogens with zero attached hydrogens (tertiary/aromatic N) is 2. The van der Waals surface area contributed by atoms with Gasteiger partial charge in [0, 0.05) is 6.07 Å². The number of amides is 1. The first-order chi connectivity index (χ1) is 16.1. The third-order valence-corrected chi connectivity index (χ3v) is 4.64. The molecular formula is C24H21N3O6. The minimum Gasteiger partial charge on any atom is -0.490 e. The van der Waals surface area contributed by atoms with Crippen LogP contribution in [0, 0.1) is 18.3 Å². The van der Waals surface area contributed by atoms with Crippen molar-refractivity contribution >= 4 is 17.8 Å². The summed E-state index contributed by atoms with van der Waals surface area (Å²) < 4.78 is 27.3. The van der Waals surface area contributed by atoms with Crippen LogP contribution >= 0.6 is 0 Å². The number of aryl methyl sites for hydroxylation is 1. The number of nitrogens with one attached hydrogen (secondary N) is 1. The molecule has 4 rings (SSSR count). The summed E-state index contributed by atoms with van der Waals surface area (Å²) in [5.41, 5.74) is 1.43. The van der Waals surface area contributed by atoms with Gasteiger partial charge in [0.2, 0.25) is 6.79 Å². The largest absolute Gasteiger partial charge is 0.490 e. The van der Waals surface area contributed by atoms with Crippen molar-refractivity contribution in [2.45, 2.75) is 20.5 Å². The standard InChI is InChI=1S/C24H21N3O6/c1-3-29-21-10-16(9-18(12-25)24(28)26-23-8-15(2)33-27-23)4-6-19(21)30-13-17-5-7-20-22(11-17)32-14-31-20/h4-11H,3,13-14H2,1-2H3,(H,26,27,28). The van der Waals surface area contributed by atoms with Gasteiger partial charge >= 0.3 is 0 Å². The highest BCUT2D eigenvalue weighted by molar-refractivity contribution is 6.09. The monoisotopic (exact) mass is 447 g/mol. The number of rotatable bonds is 8. The van der Waals surface area contributed by atoms with Gasteiger partial charge in [-0.25, -0.2) is 0 Å².